The molecule has 0 aromatic carbocycles. The van der Waals surface area contributed by atoms with E-state index in [-0.39, 0.29) is 12.2 Å². The highest BCUT2D eigenvalue weighted by molar-refractivity contribution is 5.13. The van der Waals surface area contributed by atoms with Gasteiger partial charge in [0.2, 0.25) is 0 Å². The van der Waals surface area contributed by atoms with E-state index in [9.17, 15) is 5.11 Å². The molecule has 0 bridgehead atoms. The Morgan fingerprint density at radius 2 is 2.43 bits per heavy atom. The van der Waals surface area contributed by atoms with E-state index in [4.69, 9.17) is 9.47 Å². The standard InChI is InChI=1S/C9H14N2O3/c1-11-5-6(4-10-11)14-8-3-7(12)9(8)13-2/h4-5,7-9,12H,3H2,1-2H3. The lowest BCUT2D eigenvalue weighted by Gasteiger charge is -2.39. The van der Waals surface area contributed by atoms with Crippen LogP contribution in [0.15, 0.2) is 12.4 Å². The number of aliphatic hydroxyl groups is 1. The van der Waals surface area contributed by atoms with E-state index >= 15 is 0 Å². The minimum atomic E-state index is -0.401. The Kier molecular flexibility index (Phi) is 2.43. The number of aliphatic hydroxyl groups excluding tert-OH is 1. The van der Waals surface area contributed by atoms with Crippen molar-refractivity contribution in [2.24, 2.45) is 7.05 Å². The van der Waals surface area contributed by atoms with E-state index in [1.54, 1.807) is 24.2 Å². The first-order valence-electron chi connectivity index (χ1n) is 4.57. The lowest BCUT2D eigenvalue weighted by atomic mass is 9.88. The average Bonchev–Trinajstić information content (AvgIpc) is 2.51. The summed E-state index contributed by atoms with van der Waals surface area (Å²) in [5.41, 5.74) is 0. The van der Waals surface area contributed by atoms with Crippen molar-refractivity contribution in [3.05, 3.63) is 12.4 Å². The maximum atomic E-state index is 9.34. The van der Waals surface area contributed by atoms with Crippen molar-refractivity contribution in [1.29, 1.82) is 0 Å². The van der Waals surface area contributed by atoms with Crippen molar-refractivity contribution >= 4 is 0 Å². The van der Waals surface area contributed by atoms with Gasteiger partial charge in [-0.2, -0.15) is 5.10 Å². The second-order valence-electron chi connectivity index (χ2n) is 3.51. The Bertz CT molecular complexity index is 313. The van der Waals surface area contributed by atoms with E-state index in [1.165, 1.54) is 0 Å². The van der Waals surface area contributed by atoms with Crippen LogP contribution < -0.4 is 4.74 Å². The van der Waals surface area contributed by atoms with Crippen LogP contribution in [0.3, 0.4) is 0 Å². The van der Waals surface area contributed by atoms with Gasteiger partial charge in [0.15, 0.2) is 5.75 Å². The normalized spacial score (nSPS) is 31.2. The van der Waals surface area contributed by atoms with Gasteiger partial charge in [0.05, 0.1) is 18.5 Å². The zero-order valence-corrected chi connectivity index (χ0v) is 8.25. The number of aromatic nitrogens is 2. The Balaban J connectivity index is 1.93. The van der Waals surface area contributed by atoms with Crippen molar-refractivity contribution in [2.45, 2.75) is 24.7 Å². The van der Waals surface area contributed by atoms with Crippen molar-refractivity contribution in [2.75, 3.05) is 7.11 Å². The van der Waals surface area contributed by atoms with Gasteiger partial charge in [-0.3, -0.25) is 4.68 Å². The summed E-state index contributed by atoms with van der Waals surface area (Å²) < 4.78 is 12.3. The fourth-order valence-corrected chi connectivity index (χ4v) is 1.62. The molecule has 1 aromatic heterocycles. The van der Waals surface area contributed by atoms with Gasteiger partial charge in [0, 0.05) is 20.6 Å². The molecule has 0 aliphatic heterocycles. The number of rotatable bonds is 3. The first kappa shape index (κ1) is 9.48. The molecule has 1 aliphatic carbocycles. The molecule has 0 saturated heterocycles. The van der Waals surface area contributed by atoms with Gasteiger partial charge in [0.25, 0.3) is 0 Å². The van der Waals surface area contributed by atoms with Crippen LogP contribution in [0.4, 0.5) is 0 Å². The van der Waals surface area contributed by atoms with Crippen molar-refractivity contribution in [3.63, 3.8) is 0 Å². The molecular weight excluding hydrogens is 184 g/mol. The van der Waals surface area contributed by atoms with Gasteiger partial charge < -0.3 is 14.6 Å². The maximum absolute atomic E-state index is 9.34. The molecule has 0 radical (unpaired) electrons. The first-order chi connectivity index (χ1) is 6.70. The summed E-state index contributed by atoms with van der Waals surface area (Å²) in [4.78, 5) is 0. The van der Waals surface area contributed by atoms with Crippen molar-refractivity contribution in [1.82, 2.24) is 9.78 Å². The van der Waals surface area contributed by atoms with E-state index in [0.29, 0.717) is 12.2 Å². The molecule has 0 spiro atoms. The number of ether oxygens (including phenoxy) is 2. The number of aryl methyl sites for hydroxylation is 1. The zero-order chi connectivity index (χ0) is 10.1. The average molecular weight is 198 g/mol. The number of hydrogen-bond donors (Lipinski definition) is 1. The van der Waals surface area contributed by atoms with Gasteiger partial charge in [-0.1, -0.05) is 0 Å². The summed E-state index contributed by atoms with van der Waals surface area (Å²) in [5.74, 6) is 0.714. The second kappa shape index (κ2) is 3.59. The van der Waals surface area contributed by atoms with Crippen LogP contribution in [0.2, 0.25) is 0 Å². The molecule has 0 amide bonds. The molecule has 14 heavy (non-hydrogen) atoms. The second-order valence-corrected chi connectivity index (χ2v) is 3.51. The molecule has 3 unspecified atom stereocenters. The molecule has 1 aliphatic rings. The Hall–Kier alpha value is -1.07. The fourth-order valence-electron chi connectivity index (χ4n) is 1.62. The highest BCUT2D eigenvalue weighted by Crippen LogP contribution is 2.28. The van der Waals surface area contributed by atoms with Gasteiger partial charge in [-0.15, -0.1) is 0 Å². The largest absolute Gasteiger partial charge is 0.484 e. The molecule has 5 nitrogen and oxygen atoms in total. The van der Waals surface area contributed by atoms with Crippen molar-refractivity contribution in [3.8, 4) is 5.75 Å². The minimum Gasteiger partial charge on any atom is -0.484 e. The molecule has 1 saturated carbocycles. The summed E-state index contributed by atoms with van der Waals surface area (Å²) in [6, 6.07) is 0. The van der Waals surface area contributed by atoms with E-state index in [1.807, 2.05) is 7.05 Å². The lowest BCUT2D eigenvalue weighted by molar-refractivity contribution is -0.149. The van der Waals surface area contributed by atoms with Crippen molar-refractivity contribution < 1.29 is 14.6 Å². The molecule has 3 atom stereocenters. The van der Waals surface area contributed by atoms with Crippen LogP contribution in [0.25, 0.3) is 0 Å². The summed E-state index contributed by atoms with van der Waals surface area (Å²) in [5, 5.41) is 13.3. The number of nitrogens with zero attached hydrogens (tertiary/aromatic N) is 2. The highest BCUT2D eigenvalue weighted by atomic mass is 16.6. The van der Waals surface area contributed by atoms with Gasteiger partial charge in [0.1, 0.15) is 12.2 Å². The number of methoxy groups -OCH3 is 1. The van der Waals surface area contributed by atoms with Gasteiger partial charge >= 0.3 is 0 Å². The predicted octanol–water partition coefficient (Wildman–Crippen LogP) is -0.0529. The highest BCUT2D eigenvalue weighted by Gasteiger charge is 2.42. The third-order valence-corrected chi connectivity index (χ3v) is 2.46. The first-order valence-corrected chi connectivity index (χ1v) is 4.57. The van der Waals surface area contributed by atoms with E-state index < -0.39 is 6.10 Å². The van der Waals surface area contributed by atoms with Crippen LogP contribution in [0.1, 0.15) is 6.42 Å². The van der Waals surface area contributed by atoms with Crippen LogP contribution in [-0.4, -0.2) is 40.3 Å². The summed E-state index contributed by atoms with van der Waals surface area (Å²) >= 11 is 0. The van der Waals surface area contributed by atoms with Gasteiger partial charge in [-0.25, -0.2) is 0 Å². The van der Waals surface area contributed by atoms with E-state index in [0.717, 1.165) is 0 Å². The molecule has 78 valence electrons. The molecule has 1 N–H and O–H groups in total. The van der Waals surface area contributed by atoms with Crippen LogP contribution in [0.5, 0.6) is 5.75 Å². The quantitative estimate of drug-likeness (QED) is 0.739. The molecule has 1 heterocycles. The molecule has 1 aromatic rings. The summed E-state index contributed by atoms with van der Waals surface area (Å²) in [6.45, 7) is 0. The number of hydrogen-bond acceptors (Lipinski definition) is 4. The Morgan fingerprint density at radius 3 is 2.93 bits per heavy atom. The Labute approximate surface area is 82.2 Å². The lowest BCUT2D eigenvalue weighted by Crippen LogP contribution is -2.54. The zero-order valence-electron chi connectivity index (χ0n) is 8.25. The summed E-state index contributed by atoms with van der Waals surface area (Å²) in [7, 11) is 3.41. The van der Waals surface area contributed by atoms with Gasteiger partial charge in [-0.05, 0) is 0 Å². The van der Waals surface area contributed by atoms with Crippen LogP contribution >= 0.6 is 0 Å². The third kappa shape index (κ3) is 1.60. The maximum Gasteiger partial charge on any atom is 0.157 e. The fraction of sp³-hybridized carbons (Fsp3) is 0.667. The molecular formula is C9H14N2O3. The summed E-state index contributed by atoms with van der Waals surface area (Å²) in [6.07, 6.45) is 3.39. The predicted molar refractivity (Wildman–Crippen MR) is 49.0 cm³/mol. The molecule has 1 fully saturated rings. The third-order valence-electron chi connectivity index (χ3n) is 2.46. The Morgan fingerprint density at radius 1 is 1.64 bits per heavy atom. The minimum absolute atomic E-state index is 0.0563. The van der Waals surface area contributed by atoms with Crippen LogP contribution in [0, 0.1) is 0 Å². The molecule has 5 heteroatoms. The monoisotopic (exact) mass is 198 g/mol. The van der Waals surface area contributed by atoms with Crippen LogP contribution in [-0.2, 0) is 11.8 Å². The van der Waals surface area contributed by atoms with E-state index in [2.05, 4.69) is 5.10 Å². The molecule has 2 rings (SSSR count). The smallest absolute Gasteiger partial charge is 0.157 e. The SMILES string of the molecule is COC1C(O)CC1Oc1cnn(C)c1. The topological polar surface area (TPSA) is 56.5 Å².